The molecule has 3 rings (SSSR count). The molecule has 0 radical (unpaired) electrons. The fourth-order valence-corrected chi connectivity index (χ4v) is 2.71. The summed E-state index contributed by atoms with van der Waals surface area (Å²) in [5, 5.41) is 3.73. The number of rotatable bonds is 3. The van der Waals surface area contributed by atoms with Gasteiger partial charge in [-0.1, -0.05) is 23.7 Å². The Morgan fingerprint density at radius 3 is 2.61 bits per heavy atom. The summed E-state index contributed by atoms with van der Waals surface area (Å²) in [5.41, 5.74) is 0.935. The molecule has 6 nitrogen and oxygen atoms in total. The van der Waals surface area contributed by atoms with Crippen LogP contribution in [0.2, 0.25) is 5.02 Å². The first kappa shape index (κ1) is 15.8. The minimum atomic E-state index is -0.331. The van der Waals surface area contributed by atoms with Crippen molar-refractivity contribution in [1.82, 2.24) is 19.8 Å². The van der Waals surface area contributed by atoms with E-state index in [1.54, 1.807) is 11.1 Å². The maximum Gasteiger partial charge on any atom is 0.318 e. The molecule has 1 aliphatic heterocycles. The molecule has 2 aromatic rings. The summed E-state index contributed by atoms with van der Waals surface area (Å²) in [6.45, 7) is 2.34. The van der Waals surface area contributed by atoms with Crippen LogP contribution in [-0.4, -0.2) is 46.8 Å². The Kier molecular flexibility index (Phi) is 4.83. The second-order valence-electron chi connectivity index (χ2n) is 5.43. The normalized spacial score (nSPS) is 16.2. The number of aromatic nitrogens is 2. The van der Waals surface area contributed by atoms with Gasteiger partial charge in [-0.25, -0.2) is 9.78 Å². The van der Waals surface area contributed by atoms with Gasteiger partial charge >= 0.3 is 6.03 Å². The summed E-state index contributed by atoms with van der Waals surface area (Å²) in [6.07, 6.45) is 3.58. The van der Waals surface area contributed by atoms with Crippen molar-refractivity contribution in [1.29, 1.82) is 0 Å². The van der Waals surface area contributed by atoms with E-state index in [1.807, 2.05) is 42.1 Å². The SMILES string of the molecule is Cn1ccnc1[C@@H](NC(=O)N1CCOCC1)c1ccc(Cl)cc1. The van der Waals surface area contributed by atoms with Crippen molar-refractivity contribution in [3.05, 3.63) is 53.1 Å². The fourth-order valence-electron chi connectivity index (χ4n) is 2.59. The number of hydrogen-bond acceptors (Lipinski definition) is 3. The zero-order valence-electron chi connectivity index (χ0n) is 12.9. The molecule has 1 atom stereocenters. The van der Waals surface area contributed by atoms with E-state index in [9.17, 15) is 4.79 Å². The number of carbonyl (C=O) groups is 1. The number of benzene rings is 1. The molecular weight excluding hydrogens is 316 g/mol. The molecule has 23 heavy (non-hydrogen) atoms. The van der Waals surface area contributed by atoms with E-state index in [0.29, 0.717) is 31.3 Å². The molecule has 0 bridgehead atoms. The molecule has 1 aromatic carbocycles. The Hall–Kier alpha value is -2.05. The van der Waals surface area contributed by atoms with Gasteiger partial charge in [-0.05, 0) is 17.7 Å². The summed E-state index contributed by atoms with van der Waals surface area (Å²) >= 11 is 5.97. The molecular formula is C16H19ClN4O2. The number of nitrogens with one attached hydrogen (secondary N) is 1. The summed E-state index contributed by atoms with van der Waals surface area (Å²) in [4.78, 5) is 18.7. The van der Waals surface area contributed by atoms with Crippen molar-refractivity contribution in [2.24, 2.45) is 7.05 Å². The Bertz CT molecular complexity index is 665. The Labute approximate surface area is 140 Å². The lowest BCUT2D eigenvalue weighted by atomic mass is 10.1. The number of urea groups is 1. The highest BCUT2D eigenvalue weighted by Gasteiger charge is 2.24. The van der Waals surface area contributed by atoms with Gasteiger partial charge in [0.2, 0.25) is 0 Å². The molecule has 2 heterocycles. The van der Waals surface area contributed by atoms with Crippen molar-refractivity contribution in [3.63, 3.8) is 0 Å². The first-order chi connectivity index (χ1) is 11.1. The highest BCUT2D eigenvalue weighted by molar-refractivity contribution is 6.30. The van der Waals surface area contributed by atoms with Crippen LogP contribution < -0.4 is 5.32 Å². The average Bonchev–Trinajstić information content (AvgIpc) is 3.00. The van der Waals surface area contributed by atoms with Crippen molar-refractivity contribution in [2.45, 2.75) is 6.04 Å². The lowest BCUT2D eigenvalue weighted by Gasteiger charge is -2.29. The highest BCUT2D eigenvalue weighted by Crippen LogP contribution is 2.22. The van der Waals surface area contributed by atoms with Crippen LogP contribution in [0.4, 0.5) is 4.79 Å². The number of imidazole rings is 1. The number of aryl methyl sites for hydroxylation is 1. The molecule has 0 unspecified atom stereocenters. The smallest absolute Gasteiger partial charge is 0.318 e. The number of halogens is 1. The number of nitrogens with zero attached hydrogens (tertiary/aromatic N) is 3. The molecule has 7 heteroatoms. The van der Waals surface area contributed by atoms with Gasteiger partial charge < -0.3 is 19.5 Å². The third kappa shape index (κ3) is 3.65. The van der Waals surface area contributed by atoms with E-state index in [1.165, 1.54) is 0 Å². The quantitative estimate of drug-likeness (QED) is 0.936. The summed E-state index contributed by atoms with van der Waals surface area (Å²) in [6, 6.07) is 6.99. The van der Waals surface area contributed by atoms with Gasteiger partial charge in [-0.2, -0.15) is 0 Å². The minimum Gasteiger partial charge on any atom is -0.378 e. The third-order valence-electron chi connectivity index (χ3n) is 3.89. The average molecular weight is 335 g/mol. The van der Waals surface area contributed by atoms with Gasteiger partial charge in [-0.15, -0.1) is 0 Å². The van der Waals surface area contributed by atoms with Gasteiger partial charge in [0.05, 0.1) is 13.2 Å². The molecule has 1 aliphatic rings. The molecule has 0 spiro atoms. The van der Waals surface area contributed by atoms with Crippen LogP contribution >= 0.6 is 11.6 Å². The van der Waals surface area contributed by atoms with Gasteiger partial charge in [0.15, 0.2) is 0 Å². The van der Waals surface area contributed by atoms with Crippen LogP contribution in [0.1, 0.15) is 17.4 Å². The molecule has 1 N–H and O–H groups in total. The van der Waals surface area contributed by atoms with Crippen molar-refractivity contribution >= 4 is 17.6 Å². The van der Waals surface area contributed by atoms with Gasteiger partial charge in [0.1, 0.15) is 11.9 Å². The van der Waals surface area contributed by atoms with Gasteiger partial charge in [-0.3, -0.25) is 0 Å². The van der Waals surface area contributed by atoms with Crippen LogP contribution in [0, 0.1) is 0 Å². The maximum absolute atomic E-state index is 12.6. The van der Waals surface area contributed by atoms with Crippen molar-refractivity contribution in [2.75, 3.05) is 26.3 Å². The molecule has 2 amide bonds. The molecule has 122 valence electrons. The second-order valence-corrected chi connectivity index (χ2v) is 5.87. The summed E-state index contributed by atoms with van der Waals surface area (Å²) in [7, 11) is 1.91. The van der Waals surface area contributed by atoms with Crippen LogP contribution in [0.15, 0.2) is 36.7 Å². The zero-order valence-corrected chi connectivity index (χ0v) is 13.7. The van der Waals surface area contributed by atoms with Crippen LogP contribution in [0.5, 0.6) is 0 Å². The standard InChI is InChI=1S/C16H19ClN4O2/c1-20-7-6-18-15(20)14(12-2-4-13(17)5-3-12)19-16(22)21-8-10-23-11-9-21/h2-7,14H,8-11H2,1H3,(H,19,22)/t14-/m0/s1. The van der Waals surface area contributed by atoms with E-state index in [0.717, 1.165) is 11.4 Å². The Balaban J connectivity index is 1.84. The van der Waals surface area contributed by atoms with E-state index >= 15 is 0 Å². The Morgan fingerprint density at radius 1 is 1.30 bits per heavy atom. The van der Waals surface area contributed by atoms with Gasteiger partial charge in [0, 0.05) is 37.6 Å². The summed E-state index contributed by atoms with van der Waals surface area (Å²) in [5.74, 6) is 0.772. The van der Waals surface area contributed by atoms with E-state index in [-0.39, 0.29) is 12.1 Å². The van der Waals surface area contributed by atoms with Crippen LogP contribution in [0.3, 0.4) is 0 Å². The lowest BCUT2D eigenvalue weighted by molar-refractivity contribution is 0.0527. The third-order valence-corrected chi connectivity index (χ3v) is 4.14. The molecule has 1 saturated heterocycles. The van der Waals surface area contributed by atoms with E-state index in [4.69, 9.17) is 16.3 Å². The second kappa shape index (κ2) is 7.02. The molecule has 0 saturated carbocycles. The predicted octanol–water partition coefficient (Wildman–Crippen LogP) is 2.20. The Morgan fingerprint density at radius 2 is 2.00 bits per heavy atom. The minimum absolute atomic E-state index is 0.115. The maximum atomic E-state index is 12.6. The largest absolute Gasteiger partial charge is 0.378 e. The number of hydrogen-bond donors (Lipinski definition) is 1. The highest BCUT2D eigenvalue weighted by atomic mass is 35.5. The molecule has 1 aromatic heterocycles. The number of ether oxygens (including phenoxy) is 1. The lowest BCUT2D eigenvalue weighted by Crippen LogP contribution is -2.47. The van der Waals surface area contributed by atoms with Crippen LogP contribution in [-0.2, 0) is 11.8 Å². The van der Waals surface area contributed by atoms with Crippen LogP contribution in [0.25, 0.3) is 0 Å². The number of morpholine rings is 1. The molecule has 0 aliphatic carbocycles. The van der Waals surface area contributed by atoms with E-state index in [2.05, 4.69) is 10.3 Å². The first-order valence-corrected chi connectivity index (χ1v) is 7.89. The van der Waals surface area contributed by atoms with E-state index < -0.39 is 0 Å². The van der Waals surface area contributed by atoms with Crippen molar-refractivity contribution in [3.8, 4) is 0 Å². The number of amides is 2. The monoisotopic (exact) mass is 334 g/mol. The number of carbonyl (C=O) groups excluding carboxylic acids is 1. The zero-order chi connectivity index (χ0) is 16.2. The first-order valence-electron chi connectivity index (χ1n) is 7.51. The summed E-state index contributed by atoms with van der Waals surface area (Å²) < 4.78 is 7.19. The van der Waals surface area contributed by atoms with Crippen molar-refractivity contribution < 1.29 is 9.53 Å². The fraction of sp³-hybridized carbons (Fsp3) is 0.375. The topological polar surface area (TPSA) is 59.4 Å². The predicted molar refractivity (Wildman–Crippen MR) is 87.4 cm³/mol. The van der Waals surface area contributed by atoms with Gasteiger partial charge in [0.25, 0.3) is 0 Å². The molecule has 1 fully saturated rings.